The molecule has 3 nitrogen and oxygen atoms in total. The summed E-state index contributed by atoms with van der Waals surface area (Å²) in [5, 5.41) is 0. The monoisotopic (exact) mass is 292 g/mol. The molecule has 0 amide bonds. The van der Waals surface area contributed by atoms with Crippen molar-refractivity contribution in [2.24, 2.45) is 0 Å². The first kappa shape index (κ1) is 11.1. The van der Waals surface area contributed by atoms with Gasteiger partial charge in [0.05, 0.1) is 5.52 Å². The molecule has 0 saturated carbocycles. The summed E-state index contributed by atoms with van der Waals surface area (Å²) in [6, 6.07) is 2.85. The first-order valence-electron chi connectivity index (χ1n) is 4.13. The maximum atomic E-state index is 12.6. The summed E-state index contributed by atoms with van der Waals surface area (Å²) in [5.74, 6) is -1.10. The zero-order valence-electron chi connectivity index (χ0n) is 7.62. The summed E-state index contributed by atoms with van der Waals surface area (Å²) in [5.41, 5.74) is -0.106. The van der Waals surface area contributed by atoms with E-state index in [9.17, 15) is 18.0 Å². The molecule has 0 atom stereocenters. The molecule has 2 aromatic rings. The van der Waals surface area contributed by atoms with Crippen LogP contribution < -0.4 is 0 Å². The largest absolute Gasteiger partial charge is 0.450 e. The number of fused-ring (bicyclic) bond motifs is 1. The van der Waals surface area contributed by atoms with E-state index in [1.54, 1.807) is 0 Å². The zero-order valence-corrected chi connectivity index (χ0v) is 9.21. The summed E-state index contributed by atoms with van der Waals surface area (Å²) in [4.78, 5) is 13.9. The first-order chi connectivity index (χ1) is 7.43. The van der Waals surface area contributed by atoms with Crippen LogP contribution in [0.15, 0.2) is 22.8 Å². The van der Waals surface area contributed by atoms with E-state index in [0.717, 1.165) is 4.40 Å². The van der Waals surface area contributed by atoms with E-state index in [-0.39, 0.29) is 11.2 Å². The van der Waals surface area contributed by atoms with Crippen LogP contribution in [0.25, 0.3) is 5.52 Å². The molecule has 0 aliphatic heterocycles. The van der Waals surface area contributed by atoms with Crippen LogP contribution in [0.5, 0.6) is 0 Å². The highest BCUT2D eigenvalue weighted by atomic mass is 79.9. The number of pyridine rings is 1. The molecule has 0 N–H and O–H groups in total. The van der Waals surface area contributed by atoms with E-state index in [1.165, 1.54) is 18.3 Å². The Labute approximate surface area is 96.0 Å². The third-order valence-corrected chi connectivity index (χ3v) is 2.49. The second-order valence-electron chi connectivity index (χ2n) is 3.04. The van der Waals surface area contributed by atoms with E-state index in [0.29, 0.717) is 10.8 Å². The van der Waals surface area contributed by atoms with Gasteiger partial charge in [0, 0.05) is 10.7 Å². The highest BCUT2D eigenvalue weighted by Crippen LogP contribution is 2.30. The minimum absolute atomic E-state index is 0.122. The van der Waals surface area contributed by atoms with Crippen molar-refractivity contribution in [2.45, 2.75) is 6.18 Å². The average Bonchev–Trinajstić information content (AvgIpc) is 2.55. The van der Waals surface area contributed by atoms with E-state index < -0.39 is 12.0 Å². The van der Waals surface area contributed by atoms with Crippen LogP contribution in [0.4, 0.5) is 13.2 Å². The summed E-state index contributed by atoms with van der Waals surface area (Å²) < 4.78 is 39.1. The topological polar surface area (TPSA) is 34.4 Å². The molecule has 0 radical (unpaired) electrons. The Bertz CT molecular complexity index is 562. The van der Waals surface area contributed by atoms with Gasteiger partial charge in [-0.05, 0) is 12.1 Å². The molecular weight excluding hydrogens is 289 g/mol. The first-order valence-corrected chi connectivity index (χ1v) is 4.93. The highest BCUT2D eigenvalue weighted by Gasteiger charge is 2.37. The summed E-state index contributed by atoms with van der Waals surface area (Å²) >= 11 is 3.12. The van der Waals surface area contributed by atoms with E-state index >= 15 is 0 Å². The van der Waals surface area contributed by atoms with Crippen molar-refractivity contribution in [1.82, 2.24) is 9.38 Å². The molecule has 0 saturated heterocycles. The van der Waals surface area contributed by atoms with Gasteiger partial charge in [0.25, 0.3) is 0 Å². The number of hydrogen-bond acceptors (Lipinski definition) is 2. The number of hydrogen-bond donors (Lipinski definition) is 0. The number of rotatable bonds is 1. The lowest BCUT2D eigenvalue weighted by molar-refractivity contribution is -0.145. The van der Waals surface area contributed by atoms with Crippen molar-refractivity contribution >= 4 is 27.7 Å². The number of carbonyl (C=O) groups excluding carboxylic acids is 1. The Morgan fingerprint density at radius 3 is 2.69 bits per heavy atom. The fraction of sp³-hybridized carbons (Fsp3) is 0.111. The molecule has 0 bridgehead atoms. The van der Waals surface area contributed by atoms with Crippen LogP contribution in [-0.4, -0.2) is 15.7 Å². The van der Waals surface area contributed by atoms with Gasteiger partial charge in [0.15, 0.2) is 6.29 Å². The summed E-state index contributed by atoms with van der Waals surface area (Å²) in [7, 11) is 0. The third-order valence-electron chi connectivity index (χ3n) is 2.00. The molecule has 16 heavy (non-hydrogen) atoms. The van der Waals surface area contributed by atoms with Crippen LogP contribution in [0.3, 0.4) is 0 Å². The van der Waals surface area contributed by atoms with Gasteiger partial charge in [-0.2, -0.15) is 13.2 Å². The molecule has 7 heteroatoms. The number of aromatic nitrogens is 2. The second kappa shape index (κ2) is 3.58. The van der Waals surface area contributed by atoms with Crippen LogP contribution >= 0.6 is 15.9 Å². The molecule has 84 valence electrons. The maximum absolute atomic E-state index is 12.6. The normalized spacial score (nSPS) is 12.0. The Kier molecular flexibility index (Phi) is 2.49. The average molecular weight is 293 g/mol. The fourth-order valence-electron chi connectivity index (χ4n) is 1.37. The van der Waals surface area contributed by atoms with Gasteiger partial charge in [-0.1, -0.05) is 15.9 Å². The second-order valence-corrected chi connectivity index (χ2v) is 3.95. The van der Waals surface area contributed by atoms with Crippen LogP contribution in [-0.2, 0) is 6.18 Å². The Hall–Kier alpha value is -1.37. The van der Waals surface area contributed by atoms with Crippen molar-refractivity contribution in [2.75, 3.05) is 0 Å². The molecule has 2 rings (SSSR count). The van der Waals surface area contributed by atoms with Crippen LogP contribution in [0.2, 0.25) is 0 Å². The van der Waals surface area contributed by atoms with Crippen molar-refractivity contribution in [3.8, 4) is 0 Å². The molecule has 0 aromatic carbocycles. The number of aldehydes is 1. The van der Waals surface area contributed by atoms with E-state index in [1.807, 2.05) is 0 Å². The Morgan fingerprint density at radius 2 is 2.12 bits per heavy atom. The molecule has 0 spiro atoms. The number of halogens is 4. The van der Waals surface area contributed by atoms with Crippen LogP contribution in [0, 0.1) is 0 Å². The third kappa shape index (κ3) is 1.71. The molecule has 0 unspecified atom stereocenters. The van der Waals surface area contributed by atoms with Crippen LogP contribution in [0.1, 0.15) is 16.3 Å². The van der Waals surface area contributed by atoms with Gasteiger partial charge in [-0.25, -0.2) is 4.98 Å². The van der Waals surface area contributed by atoms with E-state index in [2.05, 4.69) is 20.9 Å². The molecule has 0 aliphatic rings. The number of carbonyl (C=O) groups is 1. The fourth-order valence-corrected chi connectivity index (χ4v) is 1.70. The highest BCUT2D eigenvalue weighted by molar-refractivity contribution is 9.10. The maximum Gasteiger partial charge on any atom is 0.450 e. The van der Waals surface area contributed by atoms with Crippen molar-refractivity contribution < 1.29 is 18.0 Å². The molecule has 0 aliphatic carbocycles. The Balaban J connectivity index is 2.83. The number of nitrogens with zero attached hydrogens (tertiary/aromatic N) is 2. The standard InChI is InChI=1S/C9H4BrF3N2O/c10-5-1-2-15-7(3-5)6(4-16)14-8(15)9(11,12)13/h1-4H. The smallest absolute Gasteiger partial charge is 0.296 e. The quantitative estimate of drug-likeness (QED) is 0.758. The van der Waals surface area contributed by atoms with Crippen molar-refractivity contribution in [1.29, 1.82) is 0 Å². The predicted octanol–water partition coefficient (Wildman–Crippen LogP) is 2.93. The molecule has 2 heterocycles. The van der Waals surface area contributed by atoms with Gasteiger partial charge in [0.1, 0.15) is 5.69 Å². The van der Waals surface area contributed by atoms with Gasteiger partial charge in [-0.3, -0.25) is 9.20 Å². The number of imidazole rings is 1. The lowest BCUT2D eigenvalue weighted by atomic mass is 10.3. The molecule has 0 fully saturated rings. The SMILES string of the molecule is O=Cc1nc(C(F)(F)F)n2ccc(Br)cc12. The number of alkyl halides is 3. The predicted molar refractivity (Wildman–Crippen MR) is 53.3 cm³/mol. The van der Waals surface area contributed by atoms with Crippen molar-refractivity contribution in [3.63, 3.8) is 0 Å². The van der Waals surface area contributed by atoms with Gasteiger partial charge in [-0.15, -0.1) is 0 Å². The van der Waals surface area contributed by atoms with Gasteiger partial charge >= 0.3 is 6.18 Å². The van der Waals surface area contributed by atoms with Gasteiger partial charge < -0.3 is 0 Å². The minimum Gasteiger partial charge on any atom is -0.296 e. The molecule has 2 aromatic heterocycles. The van der Waals surface area contributed by atoms with Gasteiger partial charge in [0.2, 0.25) is 5.82 Å². The minimum atomic E-state index is -4.59. The zero-order chi connectivity index (χ0) is 11.9. The lowest BCUT2D eigenvalue weighted by Crippen LogP contribution is -2.10. The van der Waals surface area contributed by atoms with Crippen molar-refractivity contribution in [3.05, 3.63) is 34.3 Å². The summed E-state index contributed by atoms with van der Waals surface area (Å²) in [6.45, 7) is 0. The lowest BCUT2D eigenvalue weighted by Gasteiger charge is -2.04. The summed E-state index contributed by atoms with van der Waals surface area (Å²) in [6.07, 6.45) is -3.07. The Morgan fingerprint density at radius 1 is 1.44 bits per heavy atom. The molecular formula is C9H4BrF3N2O. The van der Waals surface area contributed by atoms with E-state index in [4.69, 9.17) is 0 Å².